The third-order valence-electron chi connectivity index (χ3n) is 4.07. The first-order valence-electron chi connectivity index (χ1n) is 7.82. The Morgan fingerprint density at radius 1 is 1.12 bits per heavy atom. The molecule has 0 aliphatic heterocycles. The molecule has 0 aliphatic rings. The number of aryl methyl sites for hydroxylation is 1. The molecule has 0 aromatic heterocycles. The molecule has 5 nitrogen and oxygen atoms in total. The molecule has 0 heterocycles. The Morgan fingerprint density at radius 2 is 1.84 bits per heavy atom. The van der Waals surface area contributed by atoms with E-state index < -0.39 is 17.4 Å². The molecule has 1 atom stereocenters. The van der Waals surface area contributed by atoms with Gasteiger partial charge in [0.05, 0.1) is 6.54 Å². The summed E-state index contributed by atoms with van der Waals surface area (Å²) in [7, 11) is 1.54. The van der Waals surface area contributed by atoms with Gasteiger partial charge in [-0.2, -0.15) is 0 Å². The molecule has 25 heavy (non-hydrogen) atoms. The Labute approximate surface area is 152 Å². The molecule has 0 spiro atoms. The zero-order valence-electron chi connectivity index (χ0n) is 14.4. The fourth-order valence-corrected chi connectivity index (χ4v) is 2.52. The molecule has 0 radical (unpaired) electrons. The summed E-state index contributed by atoms with van der Waals surface area (Å²) in [6.45, 7) is 3.80. The van der Waals surface area contributed by atoms with Gasteiger partial charge in [0, 0.05) is 17.8 Å². The van der Waals surface area contributed by atoms with E-state index in [0.29, 0.717) is 10.7 Å². The van der Waals surface area contributed by atoms with E-state index in [4.69, 9.17) is 16.3 Å². The topological polar surface area (TPSA) is 67.4 Å². The van der Waals surface area contributed by atoms with Gasteiger partial charge in [0.15, 0.2) is 0 Å². The molecule has 0 saturated heterocycles. The first-order chi connectivity index (χ1) is 11.9. The number of hydrogen-bond donors (Lipinski definition) is 2. The number of ether oxygens (including phenoxy) is 1. The molecule has 6 heteroatoms. The summed E-state index contributed by atoms with van der Waals surface area (Å²) in [6.07, 6.45) is 0. The van der Waals surface area contributed by atoms with Crippen molar-refractivity contribution in [3.05, 3.63) is 64.7 Å². The van der Waals surface area contributed by atoms with Crippen molar-refractivity contribution >= 4 is 29.1 Å². The number of rotatable bonds is 5. The van der Waals surface area contributed by atoms with Crippen molar-refractivity contribution in [3.8, 4) is 0 Å². The van der Waals surface area contributed by atoms with E-state index in [1.165, 1.54) is 0 Å². The first-order valence-corrected chi connectivity index (χ1v) is 8.19. The summed E-state index contributed by atoms with van der Waals surface area (Å²) in [6, 6.07) is 14.4. The Hall–Kier alpha value is -2.37. The molecular formula is C19H21ClN2O3. The number of amides is 2. The van der Waals surface area contributed by atoms with Crippen LogP contribution in [0.15, 0.2) is 48.5 Å². The molecule has 0 saturated carbocycles. The minimum absolute atomic E-state index is 0.129. The van der Waals surface area contributed by atoms with Gasteiger partial charge < -0.3 is 15.4 Å². The van der Waals surface area contributed by atoms with Crippen LogP contribution in [0, 0.1) is 6.92 Å². The van der Waals surface area contributed by atoms with Crippen molar-refractivity contribution in [2.45, 2.75) is 19.4 Å². The summed E-state index contributed by atoms with van der Waals surface area (Å²) in [4.78, 5) is 24.2. The van der Waals surface area contributed by atoms with Crippen LogP contribution in [0.2, 0.25) is 5.02 Å². The number of carbonyl (C=O) groups is 2. The summed E-state index contributed by atoms with van der Waals surface area (Å²) in [5, 5.41) is 5.79. The Bertz CT molecular complexity index is 779. The maximum absolute atomic E-state index is 12.1. The van der Waals surface area contributed by atoms with Gasteiger partial charge in [0.25, 0.3) is 0 Å². The van der Waals surface area contributed by atoms with Crippen LogP contribution in [0.4, 0.5) is 5.69 Å². The van der Waals surface area contributed by atoms with Crippen LogP contribution in [0.5, 0.6) is 0 Å². The van der Waals surface area contributed by atoms with Gasteiger partial charge in [-0.3, -0.25) is 9.59 Å². The quantitative estimate of drug-likeness (QED) is 0.804. The molecule has 0 aliphatic carbocycles. The molecule has 2 amide bonds. The maximum atomic E-state index is 12.1. The van der Waals surface area contributed by atoms with Crippen molar-refractivity contribution in [2.24, 2.45) is 0 Å². The minimum Gasteiger partial charge on any atom is -0.372 e. The molecule has 2 aromatic rings. The second-order valence-corrected chi connectivity index (χ2v) is 6.33. The lowest BCUT2D eigenvalue weighted by molar-refractivity contribution is -0.137. The van der Waals surface area contributed by atoms with Gasteiger partial charge in [-0.1, -0.05) is 41.9 Å². The van der Waals surface area contributed by atoms with E-state index in [1.54, 1.807) is 31.4 Å². The highest BCUT2D eigenvalue weighted by atomic mass is 35.5. The number of para-hydroxylation sites is 1. The fraction of sp³-hybridized carbons (Fsp3) is 0.263. The standard InChI is InChI=1S/C19H21ClN2O3/c1-13-7-4-5-10-16(13)22-18(24)17(23)21-12-19(2,25-3)14-8-6-9-15(20)11-14/h4-11H,12H2,1-3H3,(H,21,23)(H,22,24). The van der Waals surface area contributed by atoms with E-state index in [1.807, 2.05) is 38.1 Å². The smallest absolute Gasteiger partial charge is 0.313 e. The van der Waals surface area contributed by atoms with Crippen molar-refractivity contribution in [2.75, 3.05) is 19.0 Å². The number of carbonyl (C=O) groups excluding carboxylic acids is 2. The van der Waals surface area contributed by atoms with Crippen LogP contribution < -0.4 is 10.6 Å². The molecule has 132 valence electrons. The Morgan fingerprint density at radius 3 is 2.48 bits per heavy atom. The van der Waals surface area contributed by atoms with Crippen molar-refractivity contribution in [1.82, 2.24) is 5.32 Å². The highest BCUT2D eigenvalue weighted by molar-refractivity contribution is 6.39. The molecule has 0 fully saturated rings. The summed E-state index contributed by atoms with van der Waals surface area (Å²) >= 11 is 6.02. The fourth-order valence-electron chi connectivity index (χ4n) is 2.33. The third kappa shape index (κ3) is 4.81. The number of anilines is 1. The predicted octanol–water partition coefficient (Wildman–Crippen LogP) is 3.26. The van der Waals surface area contributed by atoms with Gasteiger partial charge in [0.1, 0.15) is 5.60 Å². The number of nitrogens with one attached hydrogen (secondary N) is 2. The van der Waals surface area contributed by atoms with Crippen LogP contribution in [-0.4, -0.2) is 25.5 Å². The molecule has 1 unspecified atom stereocenters. The zero-order chi connectivity index (χ0) is 18.4. The van der Waals surface area contributed by atoms with Crippen LogP contribution in [0.3, 0.4) is 0 Å². The molecule has 2 N–H and O–H groups in total. The molecular weight excluding hydrogens is 340 g/mol. The summed E-state index contributed by atoms with van der Waals surface area (Å²) in [5.41, 5.74) is 1.49. The van der Waals surface area contributed by atoms with Gasteiger partial charge in [-0.25, -0.2) is 0 Å². The average molecular weight is 361 g/mol. The van der Waals surface area contributed by atoms with E-state index >= 15 is 0 Å². The van der Waals surface area contributed by atoms with E-state index in [-0.39, 0.29) is 6.54 Å². The Balaban J connectivity index is 2.02. The number of hydrogen-bond acceptors (Lipinski definition) is 3. The largest absolute Gasteiger partial charge is 0.372 e. The predicted molar refractivity (Wildman–Crippen MR) is 98.6 cm³/mol. The van der Waals surface area contributed by atoms with Crippen LogP contribution in [-0.2, 0) is 19.9 Å². The van der Waals surface area contributed by atoms with Crippen LogP contribution in [0.1, 0.15) is 18.1 Å². The van der Waals surface area contributed by atoms with Crippen molar-refractivity contribution in [1.29, 1.82) is 0 Å². The Kier molecular flexibility index (Phi) is 6.17. The third-order valence-corrected chi connectivity index (χ3v) is 4.31. The lowest BCUT2D eigenvalue weighted by atomic mass is 9.95. The SMILES string of the molecule is COC(C)(CNC(=O)C(=O)Nc1ccccc1C)c1cccc(Cl)c1. The monoisotopic (exact) mass is 360 g/mol. The number of halogens is 1. The second-order valence-electron chi connectivity index (χ2n) is 5.90. The molecule has 2 rings (SSSR count). The second kappa shape index (κ2) is 8.14. The molecule has 0 bridgehead atoms. The van der Waals surface area contributed by atoms with E-state index in [9.17, 15) is 9.59 Å². The van der Waals surface area contributed by atoms with Crippen LogP contribution >= 0.6 is 11.6 Å². The highest BCUT2D eigenvalue weighted by Crippen LogP contribution is 2.26. The summed E-state index contributed by atoms with van der Waals surface area (Å²) in [5.74, 6) is -1.45. The van der Waals surface area contributed by atoms with Crippen molar-refractivity contribution < 1.29 is 14.3 Å². The van der Waals surface area contributed by atoms with E-state index in [0.717, 1.165) is 11.1 Å². The van der Waals surface area contributed by atoms with Gasteiger partial charge >= 0.3 is 11.8 Å². The number of benzene rings is 2. The van der Waals surface area contributed by atoms with E-state index in [2.05, 4.69) is 10.6 Å². The zero-order valence-corrected chi connectivity index (χ0v) is 15.2. The maximum Gasteiger partial charge on any atom is 0.313 e. The number of methoxy groups -OCH3 is 1. The normalized spacial score (nSPS) is 13.0. The van der Waals surface area contributed by atoms with Gasteiger partial charge in [-0.15, -0.1) is 0 Å². The average Bonchev–Trinajstić information content (AvgIpc) is 2.61. The summed E-state index contributed by atoms with van der Waals surface area (Å²) < 4.78 is 5.54. The van der Waals surface area contributed by atoms with Crippen molar-refractivity contribution in [3.63, 3.8) is 0 Å². The molecule has 2 aromatic carbocycles. The first kappa shape index (κ1) is 19.0. The lowest BCUT2D eigenvalue weighted by Crippen LogP contribution is -2.44. The van der Waals surface area contributed by atoms with Crippen LogP contribution in [0.25, 0.3) is 0 Å². The highest BCUT2D eigenvalue weighted by Gasteiger charge is 2.28. The van der Waals surface area contributed by atoms with Gasteiger partial charge in [-0.05, 0) is 43.2 Å². The lowest BCUT2D eigenvalue weighted by Gasteiger charge is -2.29. The van der Waals surface area contributed by atoms with Gasteiger partial charge in [0.2, 0.25) is 0 Å². The minimum atomic E-state index is -0.802.